The summed E-state index contributed by atoms with van der Waals surface area (Å²) in [6, 6.07) is 6.66. The van der Waals surface area contributed by atoms with Crippen LogP contribution in [0.5, 0.6) is 5.88 Å². The molecule has 3 heterocycles. The van der Waals surface area contributed by atoms with Gasteiger partial charge in [-0.25, -0.2) is 4.98 Å². The van der Waals surface area contributed by atoms with E-state index in [4.69, 9.17) is 9.47 Å². The number of rotatable bonds is 3. The van der Waals surface area contributed by atoms with Gasteiger partial charge >= 0.3 is 0 Å². The molecule has 0 bridgehead atoms. The second-order valence-corrected chi connectivity index (χ2v) is 6.38. The Kier molecular flexibility index (Phi) is 4.76. The zero-order chi connectivity index (χ0) is 14.7. The first-order valence-corrected chi connectivity index (χ1v) is 8.14. The van der Waals surface area contributed by atoms with Gasteiger partial charge in [-0.2, -0.15) is 0 Å². The minimum Gasteiger partial charge on any atom is -0.474 e. The SMILES string of the molecule is Cc1cccc(OC2CCN([C@H]3CCOC[C@@H]3C)CC2)n1. The predicted octanol–water partition coefficient (Wildman–Crippen LogP) is 2.66. The van der Waals surface area contributed by atoms with E-state index in [2.05, 4.69) is 16.8 Å². The number of likely N-dealkylation sites (tertiary alicyclic amines) is 1. The smallest absolute Gasteiger partial charge is 0.213 e. The Balaban J connectivity index is 1.50. The third kappa shape index (κ3) is 3.74. The van der Waals surface area contributed by atoms with Crippen LogP contribution in [0.4, 0.5) is 0 Å². The molecule has 2 aliphatic rings. The number of hydrogen-bond acceptors (Lipinski definition) is 4. The molecular weight excluding hydrogens is 264 g/mol. The Labute approximate surface area is 127 Å². The molecule has 116 valence electrons. The molecule has 0 aliphatic carbocycles. The van der Waals surface area contributed by atoms with Crippen LogP contribution in [0.2, 0.25) is 0 Å². The van der Waals surface area contributed by atoms with Crippen LogP contribution >= 0.6 is 0 Å². The first-order chi connectivity index (χ1) is 10.2. The van der Waals surface area contributed by atoms with Gasteiger partial charge in [0.15, 0.2) is 0 Å². The van der Waals surface area contributed by atoms with Gasteiger partial charge in [-0.05, 0) is 38.2 Å². The number of ether oxygens (including phenoxy) is 2. The summed E-state index contributed by atoms with van der Waals surface area (Å²) in [5.41, 5.74) is 1.01. The Morgan fingerprint density at radius 2 is 2.05 bits per heavy atom. The molecular formula is C17H26N2O2. The minimum absolute atomic E-state index is 0.311. The van der Waals surface area contributed by atoms with E-state index in [9.17, 15) is 0 Å². The number of pyridine rings is 1. The molecule has 1 aromatic rings. The van der Waals surface area contributed by atoms with E-state index in [0.29, 0.717) is 18.1 Å². The third-order valence-electron chi connectivity index (χ3n) is 4.69. The lowest BCUT2D eigenvalue weighted by Crippen LogP contribution is -2.49. The fourth-order valence-corrected chi connectivity index (χ4v) is 3.49. The maximum Gasteiger partial charge on any atom is 0.213 e. The van der Waals surface area contributed by atoms with Crippen LogP contribution in [-0.2, 0) is 4.74 Å². The summed E-state index contributed by atoms with van der Waals surface area (Å²) in [5.74, 6) is 1.42. The molecule has 3 rings (SSSR count). The normalized spacial score (nSPS) is 28.5. The van der Waals surface area contributed by atoms with Crippen molar-refractivity contribution in [2.75, 3.05) is 26.3 Å². The molecule has 4 heteroatoms. The van der Waals surface area contributed by atoms with Crippen LogP contribution in [-0.4, -0.2) is 48.3 Å². The summed E-state index contributed by atoms with van der Waals surface area (Å²) in [7, 11) is 0. The van der Waals surface area contributed by atoms with E-state index in [1.807, 2.05) is 25.1 Å². The van der Waals surface area contributed by atoms with Gasteiger partial charge in [-0.1, -0.05) is 13.0 Å². The average molecular weight is 290 g/mol. The summed E-state index contributed by atoms with van der Waals surface area (Å²) < 4.78 is 11.6. The summed E-state index contributed by atoms with van der Waals surface area (Å²) in [4.78, 5) is 7.07. The minimum atomic E-state index is 0.311. The Morgan fingerprint density at radius 3 is 2.76 bits per heavy atom. The second-order valence-electron chi connectivity index (χ2n) is 6.38. The van der Waals surface area contributed by atoms with Gasteiger partial charge in [0, 0.05) is 37.5 Å². The van der Waals surface area contributed by atoms with Gasteiger partial charge in [0.2, 0.25) is 5.88 Å². The highest BCUT2D eigenvalue weighted by Crippen LogP contribution is 2.25. The quantitative estimate of drug-likeness (QED) is 0.857. The molecule has 0 N–H and O–H groups in total. The lowest BCUT2D eigenvalue weighted by atomic mass is 9.93. The molecule has 0 aromatic carbocycles. The fraction of sp³-hybridized carbons (Fsp3) is 0.706. The van der Waals surface area contributed by atoms with Crippen LogP contribution in [0.3, 0.4) is 0 Å². The predicted molar refractivity (Wildman–Crippen MR) is 82.6 cm³/mol. The van der Waals surface area contributed by atoms with E-state index >= 15 is 0 Å². The van der Waals surface area contributed by atoms with Gasteiger partial charge in [0.05, 0.1) is 6.61 Å². The molecule has 0 saturated carbocycles. The summed E-state index contributed by atoms with van der Waals surface area (Å²) in [6.07, 6.45) is 3.68. The fourth-order valence-electron chi connectivity index (χ4n) is 3.49. The van der Waals surface area contributed by atoms with Crippen molar-refractivity contribution < 1.29 is 9.47 Å². The van der Waals surface area contributed by atoms with Crippen LogP contribution in [0.15, 0.2) is 18.2 Å². The van der Waals surface area contributed by atoms with Gasteiger partial charge in [0.1, 0.15) is 6.10 Å². The number of hydrogen-bond donors (Lipinski definition) is 0. The molecule has 0 unspecified atom stereocenters. The van der Waals surface area contributed by atoms with E-state index in [0.717, 1.165) is 50.7 Å². The lowest BCUT2D eigenvalue weighted by Gasteiger charge is -2.42. The lowest BCUT2D eigenvalue weighted by molar-refractivity contribution is -0.0235. The standard InChI is InChI=1S/C17H26N2O2/c1-13-12-20-11-8-16(13)19-9-6-15(7-10-19)21-17-5-3-4-14(2)18-17/h3-5,13,15-16H,6-12H2,1-2H3/t13-,16-/m0/s1. The van der Waals surface area contributed by atoms with Crippen molar-refractivity contribution in [3.63, 3.8) is 0 Å². The van der Waals surface area contributed by atoms with Crippen molar-refractivity contribution in [1.82, 2.24) is 9.88 Å². The average Bonchev–Trinajstić information content (AvgIpc) is 2.49. The van der Waals surface area contributed by atoms with Crippen LogP contribution in [0, 0.1) is 12.8 Å². The van der Waals surface area contributed by atoms with Crippen molar-refractivity contribution >= 4 is 0 Å². The van der Waals surface area contributed by atoms with Crippen molar-refractivity contribution in [2.24, 2.45) is 5.92 Å². The molecule has 0 amide bonds. The van der Waals surface area contributed by atoms with Gasteiger partial charge in [0.25, 0.3) is 0 Å². The van der Waals surface area contributed by atoms with E-state index in [-0.39, 0.29) is 0 Å². The number of piperidine rings is 1. The highest BCUT2D eigenvalue weighted by atomic mass is 16.5. The molecule has 21 heavy (non-hydrogen) atoms. The number of nitrogens with zero attached hydrogens (tertiary/aromatic N) is 2. The van der Waals surface area contributed by atoms with Gasteiger partial charge in [-0.15, -0.1) is 0 Å². The van der Waals surface area contributed by atoms with Gasteiger partial charge in [-0.3, -0.25) is 4.90 Å². The van der Waals surface area contributed by atoms with Crippen molar-refractivity contribution in [2.45, 2.75) is 45.3 Å². The largest absolute Gasteiger partial charge is 0.474 e. The zero-order valence-corrected chi connectivity index (χ0v) is 13.1. The Morgan fingerprint density at radius 1 is 1.24 bits per heavy atom. The first-order valence-electron chi connectivity index (χ1n) is 8.14. The Hall–Kier alpha value is -1.13. The molecule has 4 nitrogen and oxygen atoms in total. The second kappa shape index (κ2) is 6.75. The summed E-state index contributed by atoms with van der Waals surface area (Å²) in [5, 5.41) is 0. The van der Waals surface area contributed by atoms with Crippen LogP contribution < -0.4 is 4.74 Å². The highest BCUT2D eigenvalue weighted by Gasteiger charge is 2.31. The number of aromatic nitrogens is 1. The summed E-state index contributed by atoms with van der Waals surface area (Å²) in [6.45, 7) is 8.40. The molecule has 1 aromatic heterocycles. The maximum atomic E-state index is 6.04. The number of aryl methyl sites for hydroxylation is 1. The molecule has 2 fully saturated rings. The van der Waals surface area contributed by atoms with Crippen LogP contribution in [0.1, 0.15) is 31.9 Å². The highest BCUT2D eigenvalue weighted by molar-refractivity contribution is 5.15. The maximum absolute atomic E-state index is 6.04. The monoisotopic (exact) mass is 290 g/mol. The van der Waals surface area contributed by atoms with Crippen molar-refractivity contribution in [1.29, 1.82) is 0 Å². The van der Waals surface area contributed by atoms with Crippen LogP contribution in [0.25, 0.3) is 0 Å². The molecule has 2 saturated heterocycles. The molecule has 0 spiro atoms. The topological polar surface area (TPSA) is 34.6 Å². The zero-order valence-electron chi connectivity index (χ0n) is 13.1. The van der Waals surface area contributed by atoms with Crippen molar-refractivity contribution in [3.05, 3.63) is 23.9 Å². The van der Waals surface area contributed by atoms with E-state index in [1.54, 1.807) is 0 Å². The molecule has 2 atom stereocenters. The van der Waals surface area contributed by atoms with Crippen molar-refractivity contribution in [3.8, 4) is 5.88 Å². The third-order valence-corrected chi connectivity index (χ3v) is 4.69. The Bertz CT molecular complexity index is 458. The molecule has 2 aliphatic heterocycles. The first kappa shape index (κ1) is 14.8. The molecule has 0 radical (unpaired) electrons. The summed E-state index contributed by atoms with van der Waals surface area (Å²) >= 11 is 0. The van der Waals surface area contributed by atoms with Gasteiger partial charge < -0.3 is 9.47 Å². The van der Waals surface area contributed by atoms with E-state index < -0.39 is 0 Å². The van der Waals surface area contributed by atoms with E-state index in [1.165, 1.54) is 6.42 Å².